The quantitative estimate of drug-likeness (QED) is 0.692. The molecule has 6 heteroatoms. The molecule has 0 spiro atoms. The van der Waals surface area contributed by atoms with Crippen molar-refractivity contribution >= 4 is 27.6 Å². The summed E-state index contributed by atoms with van der Waals surface area (Å²) >= 11 is 0. The van der Waals surface area contributed by atoms with Gasteiger partial charge in [-0.25, -0.2) is 4.98 Å². The van der Waals surface area contributed by atoms with Gasteiger partial charge in [-0.05, 0) is 31.0 Å². The minimum atomic E-state index is 0.176. The summed E-state index contributed by atoms with van der Waals surface area (Å²) in [6, 6.07) is 6.34. The van der Waals surface area contributed by atoms with Gasteiger partial charge in [-0.3, -0.25) is 5.10 Å². The Morgan fingerprint density at radius 1 is 1.26 bits per heavy atom. The van der Waals surface area contributed by atoms with Crippen LogP contribution < -0.4 is 15.8 Å². The maximum atomic E-state index is 6.26. The first-order valence-electron chi connectivity index (χ1n) is 8.09. The van der Waals surface area contributed by atoms with Crippen LogP contribution in [0.2, 0.25) is 0 Å². The Hall–Kier alpha value is -2.34. The molecule has 2 atom stereocenters. The van der Waals surface area contributed by atoms with Gasteiger partial charge in [-0.15, -0.1) is 0 Å². The molecule has 3 aromatic rings. The lowest BCUT2D eigenvalue weighted by Gasteiger charge is -2.29. The van der Waals surface area contributed by atoms with Crippen molar-refractivity contribution in [3.8, 4) is 5.75 Å². The number of pyridine rings is 1. The van der Waals surface area contributed by atoms with E-state index in [0.717, 1.165) is 46.2 Å². The van der Waals surface area contributed by atoms with Crippen molar-refractivity contribution in [3.05, 3.63) is 24.4 Å². The van der Waals surface area contributed by atoms with Crippen LogP contribution in [-0.2, 0) is 0 Å². The molecule has 1 aliphatic rings. The molecule has 6 nitrogen and oxygen atoms in total. The third kappa shape index (κ3) is 2.49. The van der Waals surface area contributed by atoms with Crippen molar-refractivity contribution in [2.45, 2.75) is 37.8 Å². The van der Waals surface area contributed by atoms with E-state index in [0.29, 0.717) is 0 Å². The molecule has 4 N–H and O–H groups in total. The fraction of sp³-hybridized carbons (Fsp3) is 0.412. The van der Waals surface area contributed by atoms with Gasteiger partial charge in [-0.2, -0.15) is 5.10 Å². The van der Waals surface area contributed by atoms with Crippen molar-refractivity contribution in [3.63, 3.8) is 0 Å². The number of nitrogens with two attached hydrogens (primary N) is 1. The first kappa shape index (κ1) is 14.3. The SMILES string of the molecule is COc1ccc2nc(N[C@H]3CCCC[C@H]3N)c3[nH]ncc3c2c1. The average molecular weight is 311 g/mol. The molecule has 0 bridgehead atoms. The molecular formula is C17H21N5O. The summed E-state index contributed by atoms with van der Waals surface area (Å²) in [7, 11) is 1.67. The lowest BCUT2D eigenvalue weighted by molar-refractivity contribution is 0.403. The molecule has 2 heterocycles. The highest BCUT2D eigenvalue weighted by Crippen LogP contribution is 2.31. The lowest BCUT2D eigenvalue weighted by atomic mass is 9.91. The molecule has 0 amide bonds. The van der Waals surface area contributed by atoms with E-state index in [1.807, 2.05) is 24.4 Å². The smallest absolute Gasteiger partial charge is 0.152 e. The Kier molecular flexibility index (Phi) is 3.53. The largest absolute Gasteiger partial charge is 0.497 e. The van der Waals surface area contributed by atoms with E-state index in [1.54, 1.807) is 7.11 Å². The number of benzene rings is 1. The Labute approximate surface area is 134 Å². The minimum absolute atomic E-state index is 0.176. The number of rotatable bonds is 3. The zero-order valence-corrected chi connectivity index (χ0v) is 13.2. The number of H-pyrrole nitrogens is 1. The number of ether oxygens (including phenoxy) is 1. The molecule has 0 radical (unpaired) electrons. The summed E-state index contributed by atoms with van der Waals surface area (Å²) in [5.41, 5.74) is 8.11. The summed E-state index contributed by atoms with van der Waals surface area (Å²) in [5.74, 6) is 1.65. The van der Waals surface area contributed by atoms with Gasteiger partial charge in [0.25, 0.3) is 0 Å². The molecule has 4 rings (SSSR count). The summed E-state index contributed by atoms with van der Waals surface area (Å²) in [5, 5.41) is 12.9. The Morgan fingerprint density at radius 2 is 2.13 bits per heavy atom. The van der Waals surface area contributed by atoms with Crippen LogP contribution in [0.25, 0.3) is 21.8 Å². The highest BCUT2D eigenvalue weighted by molar-refractivity contribution is 6.08. The van der Waals surface area contributed by atoms with Gasteiger partial charge in [0.05, 0.1) is 18.8 Å². The predicted molar refractivity (Wildman–Crippen MR) is 91.8 cm³/mol. The number of aromatic nitrogens is 3. The number of hydrogen-bond donors (Lipinski definition) is 3. The van der Waals surface area contributed by atoms with E-state index >= 15 is 0 Å². The second-order valence-corrected chi connectivity index (χ2v) is 6.20. The molecule has 1 aromatic carbocycles. The minimum Gasteiger partial charge on any atom is -0.497 e. The fourth-order valence-electron chi connectivity index (χ4n) is 3.42. The number of nitrogens with zero attached hydrogens (tertiary/aromatic N) is 2. The van der Waals surface area contributed by atoms with Crippen LogP contribution >= 0.6 is 0 Å². The number of nitrogens with one attached hydrogen (secondary N) is 2. The maximum absolute atomic E-state index is 6.26. The topological polar surface area (TPSA) is 88.9 Å². The monoisotopic (exact) mass is 311 g/mol. The first-order valence-corrected chi connectivity index (χ1v) is 8.09. The van der Waals surface area contributed by atoms with Gasteiger partial charge in [0.2, 0.25) is 0 Å². The molecule has 120 valence electrons. The second-order valence-electron chi connectivity index (χ2n) is 6.20. The number of hydrogen-bond acceptors (Lipinski definition) is 5. The van der Waals surface area contributed by atoms with E-state index in [-0.39, 0.29) is 12.1 Å². The summed E-state index contributed by atoms with van der Waals surface area (Å²) < 4.78 is 5.32. The summed E-state index contributed by atoms with van der Waals surface area (Å²) in [6.07, 6.45) is 6.41. The van der Waals surface area contributed by atoms with Gasteiger partial charge in [-0.1, -0.05) is 12.8 Å². The third-order valence-corrected chi connectivity index (χ3v) is 4.74. The third-order valence-electron chi connectivity index (χ3n) is 4.74. The Balaban J connectivity index is 1.81. The normalized spacial score (nSPS) is 21.7. The van der Waals surface area contributed by atoms with Crippen molar-refractivity contribution in [2.24, 2.45) is 5.73 Å². The maximum Gasteiger partial charge on any atom is 0.152 e. The van der Waals surface area contributed by atoms with Crippen LogP contribution in [-0.4, -0.2) is 34.4 Å². The molecule has 0 unspecified atom stereocenters. The highest BCUT2D eigenvalue weighted by atomic mass is 16.5. The fourth-order valence-corrected chi connectivity index (χ4v) is 3.42. The average Bonchev–Trinajstić information content (AvgIpc) is 3.07. The highest BCUT2D eigenvalue weighted by Gasteiger charge is 2.23. The molecule has 0 saturated heterocycles. The van der Waals surface area contributed by atoms with Crippen LogP contribution in [0.15, 0.2) is 24.4 Å². The van der Waals surface area contributed by atoms with Crippen molar-refractivity contribution in [1.82, 2.24) is 15.2 Å². The van der Waals surface area contributed by atoms with E-state index in [1.165, 1.54) is 12.8 Å². The van der Waals surface area contributed by atoms with Crippen LogP contribution in [0.3, 0.4) is 0 Å². The number of fused-ring (bicyclic) bond motifs is 3. The van der Waals surface area contributed by atoms with E-state index in [9.17, 15) is 0 Å². The second kappa shape index (κ2) is 5.70. The van der Waals surface area contributed by atoms with Crippen LogP contribution in [0.1, 0.15) is 25.7 Å². The zero-order chi connectivity index (χ0) is 15.8. The molecule has 0 aliphatic heterocycles. The van der Waals surface area contributed by atoms with Crippen molar-refractivity contribution in [2.75, 3.05) is 12.4 Å². The van der Waals surface area contributed by atoms with Crippen LogP contribution in [0.5, 0.6) is 5.75 Å². The Bertz CT molecular complexity index is 843. The van der Waals surface area contributed by atoms with E-state index < -0.39 is 0 Å². The van der Waals surface area contributed by atoms with Gasteiger partial charge >= 0.3 is 0 Å². The van der Waals surface area contributed by atoms with Gasteiger partial charge < -0.3 is 15.8 Å². The van der Waals surface area contributed by atoms with Gasteiger partial charge in [0, 0.05) is 22.9 Å². The number of aromatic amines is 1. The zero-order valence-electron chi connectivity index (χ0n) is 13.2. The van der Waals surface area contributed by atoms with Crippen molar-refractivity contribution < 1.29 is 4.74 Å². The predicted octanol–water partition coefficient (Wildman–Crippen LogP) is 2.80. The molecular weight excluding hydrogens is 290 g/mol. The molecule has 1 aliphatic carbocycles. The number of anilines is 1. The molecule has 1 saturated carbocycles. The van der Waals surface area contributed by atoms with E-state index in [4.69, 9.17) is 15.5 Å². The Morgan fingerprint density at radius 3 is 2.96 bits per heavy atom. The summed E-state index contributed by atoms with van der Waals surface area (Å²) in [6.45, 7) is 0. The van der Waals surface area contributed by atoms with Crippen LogP contribution in [0, 0.1) is 0 Å². The molecule has 23 heavy (non-hydrogen) atoms. The van der Waals surface area contributed by atoms with Crippen molar-refractivity contribution in [1.29, 1.82) is 0 Å². The standard InChI is InChI=1S/C17H21N5O/c1-23-10-6-7-14-11(8-10)12-9-19-22-16(12)17(20-14)21-15-5-3-2-4-13(15)18/h6-9,13,15H,2-5,18H2,1H3,(H,19,22)(H,20,21)/t13-,15+/m1/s1. The first-order chi connectivity index (χ1) is 11.3. The van der Waals surface area contributed by atoms with Crippen LogP contribution in [0.4, 0.5) is 5.82 Å². The van der Waals surface area contributed by atoms with E-state index in [2.05, 4.69) is 15.5 Å². The number of methoxy groups -OCH3 is 1. The van der Waals surface area contributed by atoms with Gasteiger partial charge in [0.15, 0.2) is 5.82 Å². The summed E-state index contributed by atoms with van der Waals surface area (Å²) in [4.78, 5) is 4.79. The van der Waals surface area contributed by atoms with Gasteiger partial charge in [0.1, 0.15) is 11.3 Å². The molecule has 2 aromatic heterocycles. The lowest BCUT2D eigenvalue weighted by Crippen LogP contribution is -2.42. The molecule has 1 fully saturated rings.